The summed E-state index contributed by atoms with van der Waals surface area (Å²) in [5, 5.41) is 8.77. The summed E-state index contributed by atoms with van der Waals surface area (Å²) in [6.45, 7) is 2.77. The molecule has 1 aromatic rings. The lowest BCUT2D eigenvalue weighted by molar-refractivity contribution is -0.0137. The van der Waals surface area contributed by atoms with Gasteiger partial charge < -0.3 is 9.84 Å². The third-order valence-corrected chi connectivity index (χ3v) is 2.21. The maximum absolute atomic E-state index is 13.8. The molecule has 2 N–H and O–H groups in total. The molecule has 0 aliphatic heterocycles. The molecule has 1 rings (SSSR count). The third-order valence-electron chi connectivity index (χ3n) is 2.21. The molecule has 0 saturated carbocycles. The smallest absolute Gasteiger partial charge is 0.330 e. The van der Waals surface area contributed by atoms with E-state index >= 15 is 0 Å². The van der Waals surface area contributed by atoms with Crippen LogP contribution in [-0.4, -0.2) is 34.5 Å². The van der Waals surface area contributed by atoms with E-state index < -0.39 is 30.3 Å². The molecule has 0 amide bonds. The minimum absolute atomic E-state index is 0.116. The fourth-order valence-corrected chi connectivity index (χ4v) is 1.29. The number of halogens is 1. The molecule has 0 aliphatic carbocycles. The predicted octanol–water partition coefficient (Wildman–Crippen LogP) is -0.432. The fourth-order valence-electron chi connectivity index (χ4n) is 1.29. The van der Waals surface area contributed by atoms with E-state index in [-0.39, 0.29) is 5.57 Å². The van der Waals surface area contributed by atoms with Gasteiger partial charge >= 0.3 is 5.69 Å². The number of aliphatic hydroxyl groups is 1. The Bertz CT molecular complexity index is 508. The highest BCUT2D eigenvalue weighted by Crippen LogP contribution is 2.19. The van der Waals surface area contributed by atoms with Crippen LogP contribution < -0.4 is 11.2 Å². The molecule has 2 atom stereocenters. The number of aromatic amines is 1. The highest BCUT2D eigenvalue weighted by molar-refractivity contribution is 5.04. The molecule has 94 valence electrons. The van der Waals surface area contributed by atoms with E-state index in [0.29, 0.717) is 0 Å². The number of aromatic nitrogens is 2. The van der Waals surface area contributed by atoms with Gasteiger partial charge in [-0.15, -0.1) is 0 Å². The summed E-state index contributed by atoms with van der Waals surface area (Å²) in [7, 11) is 1.21. The van der Waals surface area contributed by atoms with Crippen molar-refractivity contribution in [2.75, 3.05) is 13.7 Å². The summed E-state index contributed by atoms with van der Waals surface area (Å²) < 4.78 is 19.5. The fraction of sp³-hybridized carbons (Fsp3) is 0.400. The molecule has 6 nitrogen and oxygen atoms in total. The Morgan fingerprint density at radius 2 is 2.35 bits per heavy atom. The number of nitrogens with zero attached hydrogens (tertiary/aromatic N) is 1. The molecule has 17 heavy (non-hydrogen) atoms. The van der Waals surface area contributed by atoms with Gasteiger partial charge in [0.2, 0.25) is 0 Å². The average Bonchev–Trinajstić information content (AvgIpc) is 2.31. The van der Waals surface area contributed by atoms with Crippen LogP contribution in [0, 0.1) is 0 Å². The van der Waals surface area contributed by atoms with Gasteiger partial charge in [-0.1, -0.05) is 6.58 Å². The number of rotatable bonds is 5. The van der Waals surface area contributed by atoms with Crippen molar-refractivity contribution in [2.45, 2.75) is 12.4 Å². The number of aliphatic hydroxyl groups excluding tert-OH is 1. The summed E-state index contributed by atoms with van der Waals surface area (Å²) in [5.74, 6) is 0. The zero-order valence-electron chi connectivity index (χ0n) is 9.22. The summed E-state index contributed by atoms with van der Waals surface area (Å²) in [6, 6.07) is 1.07. The van der Waals surface area contributed by atoms with E-state index in [2.05, 4.69) is 6.58 Å². The maximum Gasteiger partial charge on any atom is 0.330 e. The predicted molar refractivity (Wildman–Crippen MR) is 58.5 cm³/mol. The van der Waals surface area contributed by atoms with E-state index in [0.717, 1.165) is 16.8 Å². The van der Waals surface area contributed by atoms with E-state index in [1.54, 1.807) is 0 Å². The van der Waals surface area contributed by atoms with Crippen molar-refractivity contribution in [3.63, 3.8) is 0 Å². The second kappa shape index (κ2) is 5.55. The number of methoxy groups -OCH3 is 1. The first-order valence-corrected chi connectivity index (χ1v) is 4.78. The van der Waals surface area contributed by atoms with Crippen molar-refractivity contribution in [3.05, 3.63) is 45.3 Å². The Morgan fingerprint density at radius 1 is 1.71 bits per heavy atom. The van der Waals surface area contributed by atoms with Gasteiger partial charge in [0.15, 0.2) is 12.4 Å². The molecule has 0 radical (unpaired) electrons. The molecule has 0 aliphatic rings. The quantitative estimate of drug-likeness (QED) is 0.688. The van der Waals surface area contributed by atoms with Crippen molar-refractivity contribution < 1.29 is 14.2 Å². The van der Waals surface area contributed by atoms with Crippen molar-refractivity contribution in [3.8, 4) is 0 Å². The number of hydrogen-bond donors (Lipinski definition) is 2. The molecule has 0 saturated heterocycles. The van der Waals surface area contributed by atoms with Crippen LogP contribution in [0.2, 0.25) is 0 Å². The van der Waals surface area contributed by atoms with E-state index in [1.807, 2.05) is 4.98 Å². The Kier molecular flexibility index (Phi) is 4.36. The minimum atomic E-state index is -1.76. The SMILES string of the molecule is C=C(CO)[C@H](F)[C@H](OC)n1ccc(=O)[nH]c1=O. The lowest BCUT2D eigenvalue weighted by Crippen LogP contribution is -2.36. The van der Waals surface area contributed by atoms with Crippen LogP contribution in [0.25, 0.3) is 0 Å². The number of ether oxygens (including phenoxy) is 1. The van der Waals surface area contributed by atoms with Crippen molar-refractivity contribution in [1.82, 2.24) is 9.55 Å². The van der Waals surface area contributed by atoms with Gasteiger partial charge in [0.25, 0.3) is 5.56 Å². The van der Waals surface area contributed by atoms with E-state index in [1.165, 1.54) is 7.11 Å². The zero-order chi connectivity index (χ0) is 13.0. The topological polar surface area (TPSA) is 84.3 Å². The van der Waals surface area contributed by atoms with Gasteiger partial charge in [0.05, 0.1) is 6.61 Å². The monoisotopic (exact) mass is 244 g/mol. The Balaban J connectivity index is 3.14. The first-order chi connectivity index (χ1) is 8.01. The molecular formula is C10H13FN2O4. The Morgan fingerprint density at radius 3 is 2.82 bits per heavy atom. The van der Waals surface area contributed by atoms with Gasteiger partial charge in [-0.2, -0.15) is 0 Å². The zero-order valence-corrected chi connectivity index (χ0v) is 9.22. The summed E-state index contributed by atoms with van der Waals surface area (Å²) >= 11 is 0. The highest BCUT2D eigenvalue weighted by Gasteiger charge is 2.25. The van der Waals surface area contributed by atoms with Crippen LogP contribution in [0.15, 0.2) is 34.0 Å². The highest BCUT2D eigenvalue weighted by atomic mass is 19.1. The van der Waals surface area contributed by atoms with Crippen LogP contribution in [0.5, 0.6) is 0 Å². The molecule has 0 spiro atoms. The number of H-pyrrole nitrogens is 1. The van der Waals surface area contributed by atoms with Gasteiger partial charge in [-0.25, -0.2) is 9.18 Å². The van der Waals surface area contributed by atoms with Gasteiger partial charge in [0, 0.05) is 19.4 Å². The molecule has 7 heteroatoms. The number of hydrogen-bond acceptors (Lipinski definition) is 4. The second-order valence-corrected chi connectivity index (χ2v) is 3.36. The van der Waals surface area contributed by atoms with Crippen molar-refractivity contribution >= 4 is 0 Å². The molecule has 1 heterocycles. The van der Waals surface area contributed by atoms with Crippen molar-refractivity contribution in [1.29, 1.82) is 0 Å². The lowest BCUT2D eigenvalue weighted by Gasteiger charge is -2.22. The van der Waals surface area contributed by atoms with E-state index in [9.17, 15) is 14.0 Å². The van der Waals surface area contributed by atoms with Crippen LogP contribution in [0.3, 0.4) is 0 Å². The first-order valence-electron chi connectivity index (χ1n) is 4.78. The van der Waals surface area contributed by atoms with Gasteiger partial charge in [0.1, 0.15) is 0 Å². The number of alkyl halides is 1. The Hall–Kier alpha value is -1.73. The third kappa shape index (κ3) is 2.89. The van der Waals surface area contributed by atoms with Crippen LogP contribution >= 0.6 is 0 Å². The van der Waals surface area contributed by atoms with Crippen molar-refractivity contribution in [2.24, 2.45) is 0 Å². The lowest BCUT2D eigenvalue weighted by atomic mass is 10.2. The van der Waals surface area contributed by atoms with Crippen LogP contribution in [0.1, 0.15) is 6.23 Å². The standard InChI is InChI=1S/C10H13FN2O4/c1-6(5-14)8(11)9(17-2)13-4-3-7(15)12-10(13)16/h3-4,8-9,14H,1,5H2,2H3,(H,12,15,16)/t8-,9-/m0/s1. The summed E-state index contributed by atoms with van der Waals surface area (Å²) in [6.07, 6.45) is -1.92. The van der Waals surface area contributed by atoms with Gasteiger partial charge in [-0.05, 0) is 5.57 Å². The Labute approximate surface area is 96.0 Å². The molecule has 0 unspecified atom stereocenters. The first kappa shape index (κ1) is 13.3. The van der Waals surface area contributed by atoms with Crippen LogP contribution in [0.4, 0.5) is 4.39 Å². The van der Waals surface area contributed by atoms with Crippen LogP contribution in [-0.2, 0) is 4.74 Å². The van der Waals surface area contributed by atoms with E-state index in [4.69, 9.17) is 9.84 Å². The molecule has 1 aromatic heterocycles. The molecule has 0 fully saturated rings. The second-order valence-electron chi connectivity index (χ2n) is 3.36. The van der Waals surface area contributed by atoms with Gasteiger partial charge in [-0.3, -0.25) is 14.3 Å². The summed E-state index contributed by atoms with van der Waals surface area (Å²) in [4.78, 5) is 24.3. The maximum atomic E-state index is 13.8. The minimum Gasteiger partial charge on any atom is -0.392 e. The normalized spacial score (nSPS) is 14.3. The largest absolute Gasteiger partial charge is 0.392 e. The number of nitrogens with one attached hydrogen (secondary N) is 1. The summed E-state index contributed by atoms with van der Waals surface area (Å²) in [5.41, 5.74) is -1.50. The molecule has 0 aromatic carbocycles. The average molecular weight is 244 g/mol. The molecule has 0 bridgehead atoms. The molecular weight excluding hydrogens is 231 g/mol.